The topological polar surface area (TPSA) is 105 Å². The molecule has 7 nitrogen and oxygen atoms in total. The van der Waals surface area contributed by atoms with Crippen molar-refractivity contribution in [3.8, 4) is 6.07 Å². The van der Waals surface area contributed by atoms with Gasteiger partial charge in [0.05, 0.1) is 11.0 Å². The molecule has 0 radical (unpaired) electrons. The number of hydrogen-bond acceptors (Lipinski definition) is 6. The molecule has 0 aliphatic heterocycles. The van der Waals surface area contributed by atoms with E-state index < -0.39 is 4.92 Å². The molecular weight excluding hydrogens is 270 g/mol. The van der Waals surface area contributed by atoms with E-state index in [-0.39, 0.29) is 17.4 Å². The molecule has 2 rings (SSSR count). The van der Waals surface area contributed by atoms with Gasteiger partial charge in [0.15, 0.2) is 5.69 Å². The molecule has 0 aliphatic rings. The lowest BCUT2D eigenvalue weighted by Crippen LogP contribution is -2.09. The van der Waals surface area contributed by atoms with Crippen LogP contribution in [0.15, 0.2) is 30.3 Å². The van der Waals surface area contributed by atoms with E-state index in [0.29, 0.717) is 11.4 Å². The van der Waals surface area contributed by atoms with Crippen molar-refractivity contribution in [3.05, 3.63) is 57.3 Å². The van der Waals surface area contributed by atoms with Crippen LogP contribution in [0.5, 0.6) is 0 Å². The van der Waals surface area contributed by atoms with Crippen molar-refractivity contribution in [1.29, 1.82) is 5.26 Å². The Balaban J connectivity index is 2.20. The number of anilines is 1. The van der Waals surface area contributed by atoms with Crippen LogP contribution in [-0.4, -0.2) is 15.1 Å². The Bertz CT molecular complexity index is 706. The molecule has 2 aromatic rings. The minimum Gasteiger partial charge on any atom is -0.362 e. The van der Waals surface area contributed by atoms with E-state index in [0.717, 1.165) is 5.56 Å². The van der Waals surface area contributed by atoms with Gasteiger partial charge in [-0.25, -0.2) is 0 Å². The summed E-state index contributed by atoms with van der Waals surface area (Å²) in [6.45, 7) is 3.57. The first-order valence-electron chi connectivity index (χ1n) is 6.26. The fourth-order valence-corrected chi connectivity index (χ4v) is 1.87. The summed E-state index contributed by atoms with van der Waals surface area (Å²) in [6, 6.07) is 10.0. The summed E-state index contributed by atoms with van der Waals surface area (Å²) in [5, 5.41) is 30.3. The fraction of sp³-hybridized carbons (Fsp3) is 0.214. The van der Waals surface area contributed by atoms with Crippen molar-refractivity contribution in [1.82, 2.24) is 10.2 Å². The van der Waals surface area contributed by atoms with E-state index in [1.807, 2.05) is 19.1 Å². The van der Waals surface area contributed by atoms with Crippen LogP contribution in [-0.2, 0) is 0 Å². The summed E-state index contributed by atoms with van der Waals surface area (Å²) in [4.78, 5) is 10.6. The van der Waals surface area contributed by atoms with Crippen molar-refractivity contribution < 1.29 is 4.92 Å². The number of nitro benzene ring substituents is 1. The predicted octanol–water partition coefficient (Wildman–Crippen LogP) is 2.74. The molecule has 7 heteroatoms. The van der Waals surface area contributed by atoms with Gasteiger partial charge in [0.25, 0.3) is 5.69 Å². The third kappa shape index (κ3) is 3.30. The Kier molecular flexibility index (Phi) is 4.09. The molecule has 1 heterocycles. The first-order chi connectivity index (χ1) is 10.0. The van der Waals surface area contributed by atoms with Gasteiger partial charge in [-0.2, -0.15) is 5.26 Å². The number of hydrogen-bond donors (Lipinski definition) is 1. The standard InChI is InChI=1S/C14H13N5O2/c1-9-3-4-11(7-13(9)19(20)21)10(2)16-14-6-5-12(8-15)17-18-14/h3-7,10H,1-2H3,(H,16,18). The van der Waals surface area contributed by atoms with Crippen molar-refractivity contribution in [2.45, 2.75) is 19.9 Å². The lowest BCUT2D eigenvalue weighted by Gasteiger charge is -2.14. The van der Waals surface area contributed by atoms with E-state index >= 15 is 0 Å². The molecule has 106 valence electrons. The Morgan fingerprint density at radius 1 is 1.33 bits per heavy atom. The molecule has 1 N–H and O–H groups in total. The zero-order valence-corrected chi connectivity index (χ0v) is 11.6. The van der Waals surface area contributed by atoms with Crippen LogP contribution in [0.2, 0.25) is 0 Å². The lowest BCUT2D eigenvalue weighted by atomic mass is 10.0. The summed E-state index contributed by atoms with van der Waals surface area (Å²) in [5.41, 5.74) is 1.72. The summed E-state index contributed by atoms with van der Waals surface area (Å²) in [5.74, 6) is 0.504. The van der Waals surface area contributed by atoms with E-state index in [1.165, 1.54) is 0 Å². The zero-order valence-electron chi connectivity index (χ0n) is 11.6. The maximum absolute atomic E-state index is 11.0. The van der Waals surface area contributed by atoms with Gasteiger partial charge in [-0.05, 0) is 31.5 Å². The van der Waals surface area contributed by atoms with Gasteiger partial charge in [-0.15, -0.1) is 10.2 Å². The molecular formula is C14H13N5O2. The highest BCUT2D eigenvalue weighted by Gasteiger charge is 2.14. The SMILES string of the molecule is Cc1ccc(C(C)Nc2ccc(C#N)nn2)cc1[N+](=O)[O-]. The van der Waals surface area contributed by atoms with E-state index in [2.05, 4.69) is 15.5 Å². The number of nitrogens with one attached hydrogen (secondary N) is 1. The van der Waals surface area contributed by atoms with Gasteiger partial charge < -0.3 is 5.32 Å². The van der Waals surface area contributed by atoms with Crippen LogP contribution in [0.3, 0.4) is 0 Å². The molecule has 0 aliphatic carbocycles. The van der Waals surface area contributed by atoms with E-state index in [1.54, 1.807) is 31.2 Å². The maximum atomic E-state index is 11.0. The highest BCUT2D eigenvalue weighted by molar-refractivity contribution is 5.46. The second-order valence-corrected chi connectivity index (χ2v) is 4.58. The summed E-state index contributed by atoms with van der Waals surface area (Å²) < 4.78 is 0. The van der Waals surface area contributed by atoms with Gasteiger partial charge in [0.2, 0.25) is 0 Å². The molecule has 0 bridgehead atoms. The molecule has 1 aromatic carbocycles. The van der Waals surface area contributed by atoms with Crippen molar-refractivity contribution in [3.63, 3.8) is 0 Å². The van der Waals surface area contributed by atoms with Crippen LogP contribution in [0.1, 0.15) is 29.8 Å². The van der Waals surface area contributed by atoms with Crippen molar-refractivity contribution in [2.24, 2.45) is 0 Å². The second kappa shape index (κ2) is 5.96. The minimum atomic E-state index is -0.396. The smallest absolute Gasteiger partial charge is 0.272 e. The largest absolute Gasteiger partial charge is 0.362 e. The van der Waals surface area contributed by atoms with Crippen LogP contribution in [0.4, 0.5) is 11.5 Å². The number of aryl methyl sites for hydroxylation is 1. The number of aromatic nitrogens is 2. The highest BCUT2D eigenvalue weighted by Crippen LogP contribution is 2.24. The van der Waals surface area contributed by atoms with Gasteiger partial charge in [0, 0.05) is 11.6 Å². The number of rotatable bonds is 4. The summed E-state index contributed by atoms with van der Waals surface area (Å²) >= 11 is 0. The Hall–Kier alpha value is -3.01. The Morgan fingerprint density at radius 2 is 2.10 bits per heavy atom. The number of nitrogens with zero attached hydrogens (tertiary/aromatic N) is 4. The second-order valence-electron chi connectivity index (χ2n) is 4.58. The van der Waals surface area contributed by atoms with E-state index in [9.17, 15) is 10.1 Å². The predicted molar refractivity (Wildman–Crippen MR) is 76.6 cm³/mol. The number of nitriles is 1. The monoisotopic (exact) mass is 283 g/mol. The lowest BCUT2D eigenvalue weighted by molar-refractivity contribution is -0.385. The minimum absolute atomic E-state index is 0.0899. The molecule has 21 heavy (non-hydrogen) atoms. The van der Waals surface area contributed by atoms with Crippen LogP contribution >= 0.6 is 0 Å². The maximum Gasteiger partial charge on any atom is 0.272 e. The zero-order chi connectivity index (χ0) is 15.4. The third-order valence-corrected chi connectivity index (χ3v) is 3.07. The number of nitro groups is 1. The number of benzene rings is 1. The average Bonchev–Trinajstić information content (AvgIpc) is 2.48. The quantitative estimate of drug-likeness (QED) is 0.683. The van der Waals surface area contributed by atoms with Gasteiger partial charge in [-0.1, -0.05) is 12.1 Å². The third-order valence-electron chi connectivity index (χ3n) is 3.07. The van der Waals surface area contributed by atoms with Gasteiger partial charge >= 0.3 is 0 Å². The van der Waals surface area contributed by atoms with Crippen molar-refractivity contribution >= 4 is 11.5 Å². The van der Waals surface area contributed by atoms with Crippen LogP contribution in [0, 0.1) is 28.4 Å². The van der Waals surface area contributed by atoms with Gasteiger partial charge in [0.1, 0.15) is 11.9 Å². The summed E-state index contributed by atoms with van der Waals surface area (Å²) in [6.07, 6.45) is 0. The van der Waals surface area contributed by atoms with Crippen LogP contribution < -0.4 is 5.32 Å². The normalized spacial score (nSPS) is 11.5. The molecule has 1 unspecified atom stereocenters. The average molecular weight is 283 g/mol. The van der Waals surface area contributed by atoms with Gasteiger partial charge in [-0.3, -0.25) is 10.1 Å². The van der Waals surface area contributed by atoms with Crippen LogP contribution in [0.25, 0.3) is 0 Å². The molecule has 0 spiro atoms. The Labute approximate surface area is 121 Å². The molecule has 1 aromatic heterocycles. The molecule has 0 amide bonds. The van der Waals surface area contributed by atoms with Crippen molar-refractivity contribution in [2.75, 3.05) is 5.32 Å². The molecule has 0 saturated heterocycles. The fourth-order valence-electron chi connectivity index (χ4n) is 1.87. The highest BCUT2D eigenvalue weighted by atomic mass is 16.6. The molecule has 0 saturated carbocycles. The first kappa shape index (κ1) is 14.4. The first-order valence-corrected chi connectivity index (χ1v) is 6.26. The molecule has 1 atom stereocenters. The molecule has 0 fully saturated rings. The van der Waals surface area contributed by atoms with E-state index in [4.69, 9.17) is 5.26 Å². The Morgan fingerprint density at radius 3 is 2.67 bits per heavy atom. The summed E-state index contributed by atoms with van der Waals surface area (Å²) in [7, 11) is 0.